The first kappa shape index (κ1) is 9.43. The van der Waals surface area contributed by atoms with E-state index in [0.29, 0.717) is 18.8 Å². The Morgan fingerprint density at radius 1 is 1.31 bits per heavy atom. The lowest BCUT2D eigenvalue weighted by atomic mass is 9.91. The minimum atomic E-state index is -3.06. The molecule has 2 aliphatic rings. The molecule has 13 heavy (non-hydrogen) atoms. The van der Waals surface area contributed by atoms with Gasteiger partial charge in [-0.2, -0.15) is 0 Å². The molecular weight excluding hydrogens is 190 g/mol. The summed E-state index contributed by atoms with van der Waals surface area (Å²) in [5.74, 6) is 0.669. The summed E-state index contributed by atoms with van der Waals surface area (Å²) in [4.78, 5) is 0. The largest absolute Gasteiger partial charge is 0.393 e. The maximum Gasteiger partial charge on any atom is 0.212 e. The van der Waals surface area contributed by atoms with E-state index in [1.165, 1.54) is 0 Å². The van der Waals surface area contributed by atoms with Crippen LogP contribution >= 0.6 is 0 Å². The predicted octanol–water partition coefficient (Wildman–Crippen LogP) is -0.161. The molecule has 0 aliphatic heterocycles. The quantitative estimate of drug-likeness (QED) is 0.670. The van der Waals surface area contributed by atoms with Gasteiger partial charge in [0.1, 0.15) is 0 Å². The second-order valence-electron chi connectivity index (χ2n) is 4.16. The van der Waals surface area contributed by atoms with Crippen LogP contribution in [0.4, 0.5) is 0 Å². The van der Waals surface area contributed by atoms with Crippen LogP contribution in [0.25, 0.3) is 0 Å². The van der Waals surface area contributed by atoms with Crippen molar-refractivity contribution in [2.75, 3.05) is 5.75 Å². The van der Waals surface area contributed by atoms with E-state index in [-0.39, 0.29) is 17.9 Å². The summed E-state index contributed by atoms with van der Waals surface area (Å²) in [6.07, 6.45) is 2.95. The van der Waals surface area contributed by atoms with Crippen molar-refractivity contribution in [3.8, 4) is 0 Å². The number of hydrogen-bond donors (Lipinski definition) is 2. The summed E-state index contributed by atoms with van der Waals surface area (Å²) in [5, 5.41) is 8.97. The molecule has 0 spiro atoms. The van der Waals surface area contributed by atoms with Gasteiger partial charge in [-0.3, -0.25) is 0 Å². The number of nitrogens with one attached hydrogen (secondary N) is 1. The Morgan fingerprint density at radius 3 is 2.38 bits per heavy atom. The van der Waals surface area contributed by atoms with Crippen LogP contribution in [-0.2, 0) is 10.0 Å². The molecule has 2 saturated carbocycles. The molecule has 0 aromatic rings. The van der Waals surface area contributed by atoms with Crippen LogP contribution < -0.4 is 4.72 Å². The van der Waals surface area contributed by atoms with Crippen LogP contribution in [0.5, 0.6) is 0 Å². The van der Waals surface area contributed by atoms with Gasteiger partial charge < -0.3 is 5.11 Å². The van der Waals surface area contributed by atoms with Crippen molar-refractivity contribution >= 4 is 10.0 Å². The van der Waals surface area contributed by atoms with E-state index in [4.69, 9.17) is 5.11 Å². The molecule has 2 fully saturated rings. The highest BCUT2D eigenvalue weighted by Crippen LogP contribution is 2.30. The lowest BCUT2D eigenvalue weighted by Crippen LogP contribution is -2.47. The Morgan fingerprint density at radius 2 is 1.92 bits per heavy atom. The molecule has 0 heterocycles. The third-order valence-corrected chi connectivity index (χ3v) is 4.21. The lowest BCUT2D eigenvalue weighted by Gasteiger charge is -2.31. The highest BCUT2D eigenvalue weighted by molar-refractivity contribution is 7.89. The minimum absolute atomic E-state index is 0.0150. The fourth-order valence-corrected chi connectivity index (χ4v) is 3.33. The summed E-state index contributed by atoms with van der Waals surface area (Å²) in [5.41, 5.74) is 0. The zero-order valence-electron chi connectivity index (χ0n) is 7.44. The van der Waals surface area contributed by atoms with Crippen LogP contribution in [0.2, 0.25) is 0 Å². The molecule has 0 aromatic heterocycles. The first-order valence-electron chi connectivity index (χ1n) is 4.73. The fraction of sp³-hybridized carbons (Fsp3) is 1.00. The van der Waals surface area contributed by atoms with Gasteiger partial charge in [0.15, 0.2) is 0 Å². The van der Waals surface area contributed by atoms with Crippen LogP contribution in [0.3, 0.4) is 0 Å². The number of aliphatic hydroxyl groups excluding tert-OH is 1. The second kappa shape index (κ2) is 3.22. The SMILES string of the molecule is O=S(=O)(CC1CC1)NC1CC(O)C1. The summed E-state index contributed by atoms with van der Waals surface area (Å²) in [7, 11) is -3.06. The predicted molar refractivity (Wildman–Crippen MR) is 48.7 cm³/mol. The molecule has 4 nitrogen and oxygen atoms in total. The number of sulfonamides is 1. The second-order valence-corrected chi connectivity index (χ2v) is 5.96. The highest BCUT2D eigenvalue weighted by Gasteiger charge is 2.33. The molecule has 0 unspecified atom stereocenters. The minimum Gasteiger partial charge on any atom is -0.393 e. The summed E-state index contributed by atoms with van der Waals surface area (Å²) in [6, 6.07) is -0.0150. The van der Waals surface area contributed by atoms with Gasteiger partial charge in [0, 0.05) is 6.04 Å². The standard InChI is InChI=1S/C8H15NO3S/c10-8-3-7(4-8)9-13(11,12)5-6-1-2-6/h6-10H,1-5H2. The van der Waals surface area contributed by atoms with Crippen molar-refractivity contribution in [2.24, 2.45) is 5.92 Å². The van der Waals surface area contributed by atoms with E-state index in [1.807, 2.05) is 0 Å². The molecule has 5 heteroatoms. The third-order valence-electron chi connectivity index (χ3n) is 2.61. The Labute approximate surface area is 78.4 Å². The van der Waals surface area contributed by atoms with Crippen LogP contribution in [-0.4, -0.2) is 31.4 Å². The van der Waals surface area contributed by atoms with Crippen molar-refractivity contribution in [1.82, 2.24) is 4.72 Å². The van der Waals surface area contributed by atoms with Crippen molar-refractivity contribution in [2.45, 2.75) is 37.8 Å². The van der Waals surface area contributed by atoms with Gasteiger partial charge in [-0.05, 0) is 31.6 Å². The van der Waals surface area contributed by atoms with Crippen molar-refractivity contribution in [3.05, 3.63) is 0 Å². The first-order chi connectivity index (χ1) is 6.05. The van der Waals surface area contributed by atoms with Crippen LogP contribution in [0, 0.1) is 5.92 Å². The van der Waals surface area contributed by atoms with E-state index in [1.54, 1.807) is 0 Å². The normalized spacial score (nSPS) is 34.2. The van der Waals surface area contributed by atoms with Gasteiger partial charge in [0.25, 0.3) is 0 Å². The Balaban J connectivity index is 1.78. The van der Waals surface area contributed by atoms with Gasteiger partial charge in [0.05, 0.1) is 11.9 Å². The maximum atomic E-state index is 11.4. The van der Waals surface area contributed by atoms with Crippen molar-refractivity contribution in [1.29, 1.82) is 0 Å². The third kappa shape index (κ3) is 2.65. The summed E-state index contributed by atoms with van der Waals surface area (Å²) in [6.45, 7) is 0. The van der Waals surface area contributed by atoms with E-state index in [0.717, 1.165) is 12.8 Å². The molecule has 76 valence electrons. The summed E-state index contributed by atoms with van der Waals surface area (Å²) >= 11 is 0. The number of rotatable bonds is 4. The molecule has 0 radical (unpaired) electrons. The Hall–Kier alpha value is -0.130. The molecular formula is C8H15NO3S. The molecule has 0 bridgehead atoms. The fourth-order valence-electron chi connectivity index (χ4n) is 1.58. The monoisotopic (exact) mass is 205 g/mol. The van der Waals surface area contributed by atoms with Crippen LogP contribution in [0.1, 0.15) is 25.7 Å². The van der Waals surface area contributed by atoms with Gasteiger partial charge in [-0.25, -0.2) is 13.1 Å². The zero-order valence-corrected chi connectivity index (χ0v) is 8.26. The van der Waals surface area contributed by atoms with Crippen LogP contribution in [0.15, 0.2) is 0 Å². The summed E-state index contributed by atoms with van der Waals surface area (Å²) < 4.78 is 25.4. The van der Waals surface area contributed by atoms with Gasteiger partial charge in [0.2, 0.25) is 10.0 Å². The average molecular weight is 205 g/mol. The van der Waals surface area contributed by atoms with Gasteiger partial charge in [-0.15, -0.1) is 0 Å². The topological polar surface area (TPSA) is 66.4 Å². The van der Waals surface area contributed by atoms with E-state index >= 15 is 0 Å². The number of hydrogen-bond acceptors (Lipinski definition) is 3. The molecule has 0 aromatic carbocycles. The highest BCUT2D eigenvalue weighted by atomic mass is 32.2. The molecule has 0 atom stereocenters. The molecule has 2 aliphatic carbocycles. The van der Waals surface area contributed by atoms with E-state index in [9.17, 15) is 8.42 Å². The van der Waals surface area contributed by atoms with Crippen molar-refractivity contribution in [3.63, 3.8) is 0 Å². The number of aliphatic hydroxyl groups is 1. The Kier molecular flexibility index (Phi) is 2.33. The smallest absolute Gasteiger partial charge is 0.212 e. The van der Waals surface area contributed by atoms with E-state index in [2.05, 4.69) is 4.72 Å². The molecule has 2 N–H and O–H groups in total. The lowest BCUT2D eigenvalue weighted by molar-refractivity contribution is 0.0712. The van der Waals surface area contributed by atoms with Gasteiger partial charge >= 0.3 is 0 Å². The van der Waals surface area contributed by atoms with Crippen molar-refractivity contribution < 1.29 is 13.5 Å². The van der Waals surface area contributed by atoms with E-state index < -0.39 is 10.0 Å². The molecule has 2 rings (SSSR count). The average Bonchev–Trinajstić information content (AvgIpc) is 2.66. The Bertz CT molecular complexity index is 278. The molecule has 0 saturated heterocycles. The first-order valence-corrected chi connectivity index (χ1v) is 6.38. The maximum absolute atomic E-state index is 11.4. The van der Waals surface area contributed by atoms with Gasteiger partial charge in [-0.1, -0.05) is 0 Å². The molecule has 0 amide bonds. The zero-order chi connectivity index (χ0) is 9.47.